The Morgan fingerprint density at radius 2 is 1.94 bits per heavy atom. The van der Waals surface area contributed by atoms with Gasteiger partial charge >= 0.3 is 0 Å². The summed E-state index contributed by atoms with van der Waals surface area (Å²) < 4.78 is 3.46. The maximum Gasteiger partial charge on any atom is 0.276 e. The number of hydrogen-bond acceptors (Lipinski definition) is 5. The van der Waals surface area contributed by atoms with Crippen LogP contribution in [-0.2, 0) is 30.8 Å². The minimum Gasteiger partial charge on any atom is -0.336 e. The van der Waals surface area contributed by atoms with Gasteiger partial charge in [-0.05, 0) is 50.3 Å². The van der Waals surface area contributed by atoms with E-state index >= 15 is 0 Å². The van der Waals surface area contributed by atoms with Crippen molar-refractivity contribution in [2.45, 2.75) is 58.8 Å². The van der Waals surface area contributed by atoms with Gasteiger partial charge < -0.3 is 9.80 Å². The predicted molar refractivity (Wildman–Crippen MR) is 121 cm³/mol. The molecule has 0 saturated carbocycles. The number of carbonyl (C=O) groups excluding carboxylic acids is 2. The zero-order valence-electron chi connectivity index (χ0n) is 19.1. The molecule has 0 N–H and O–H groups in total. The Morgan fingerprint density at radius 3 is 2.73 bits per heavy atom. The summed E-state index contributed by atoms with van der Waals surface area (Å²) in [5.41, 5.74) is 4.74. The Labute approximate surface area is 193 Å². The van der Waals surface area contributed by atoms with E-state index < -0.39 is 0 Å². The van der Waals surface area contributed by atoms with Crippen molar-refractivity contribution in [2.75, 3.05) is 13.1 Å². The molecule has 5 rings (SSSR count). The molecule has 1 atom stereocenters. The van der Waals surface area contributed by atoms with Crippen LogP contribution in [0.2, 0.25) is 0 Å². The molecule has 0 spiro atoms. The first-order valence-electron chi connectivity index (χ1n) is 11.5. The monoisotopic (exact) mass is 447 g/mol. The van der Waals surface area contributed by atoms with Crippen molar-refractivity contribution in [2.24, 2.45) is 0 Å². The minimum absolute atomic E-state index is 0.0426. The van der Waals surface area contributed by atoms with Crippen LogP contribution in [0, 0.1) is 13.8 Å². The molecule has 9 heteroatoms. The number of amides is 2. The van der Waals surface area contributed by atoms with Gasteiger partial charge in [0.15, 0.2) is 5.69 Å². The minimum atomic E-state index is -0.0976. The second-order valence-corrected chi connectivity index (χ2v) is 9.04. The smallest absolute Gasteiger partial charge is 0.276 e. The van der Waals surface area contributed by atoms with Gasteiger partial charge in [-0.25, -0.2) is 4.68 Å². The predicted octanol–water partition coefficient (Wildman–Crippen LogP) is 1.98. The molecule has 172 valence electrons. The third kappa shape index (κ3) is 4.40. The van der Waals surface area contributed by atoms with Crippen LogP contribution in [0.5, 0.6) is 0 Å². The van der Waals surface area contributed by atoms with E-state index in [1.807, 2.05) is 41.8 Å². The molecule has 1 aromatic carbocycles. The van der Waals surface area contributed by atoms with Crippen molar-refractivity contribution in [3.8, 4) is 0 Å². The lowest BCUT2D eigenvalue weighted by Gasteiger charge is -2.28. The van der Waals surface area contributed by atoms with Gasteiger partial charge in [-0.15, -0.1) is 5.10 Å². The van der Waals surface area contributed by atoms with Crippen molar-refractivity contribution in [1.82, 2.24) is 34.6 Å². The number of fused-ring (bicyclic) bond motifs is 1. The first-order chi connectivity index (χ1) is 16.0. The summed E-state index contributed by atoms with van der Waals surface area (Å²) >= 11 is 0. The van der Waals surface area contributed by atoms with Gasteiger partial charge in [0.1, 0.15) is 6.54 Å². The van der Waals surface area contributed by atoms with E-state index in [1.165, 1.54) is 11.1 Å². The van der Waals surface area contributed by atoms with Crippen LogP contribution in [0.15, 0.2) is 36.5 Å². The Kier molecular flexibility index (Phi) is 5.70. The van der Waals surface area contributed by atoms with E-state index in [4.69, 9.17) is 0 Å². The molecule has 9 nitrogen and oxygen atoms in total. The van der Waals surface area contributed by atoms with Crippen molar-refractivity contribution in [3.63, 3.8) is 0 Å². The van der Waals surface area contributed by atoms with Crippen molar-refractivity contribution in [1.29, 1.82) is 0 Å². The molecule has 0 bridgehead atoms. The highest BCUT2D eigenvalue weighted by Gasteiger charge is 2.30. The lowest BCUT2D eigenvalue weighted by molar-refractivity contribution is -0.133. The Bertz CT molecular complexity index is 1180. The van der Waals surface area contributed by atoms with E-state index in [9.17, 15) is 9.59 Å². The third-order valence-corrected chi connectivity index (χ3v) is 6.66. The van der Waals surface area contributed by atoms with Crippen molar-refractivity contribution in [3.05, 3.63) is 64.7 Å². The summed E-state index contributed by atoms with van der Waals surface area (Å²) in [7, 11) is 0. The summed E-state index contributed by atoms with van der Waals surface area (Å²) in [5.74, 6) is -0.0354. The van der Waals surface area contributed by atoms with Crippen LogP contribution < -0.4 is 0 Å². The summed E-state index contributed by atoms with van der Waals surface area (Å²) in [6, 6.07) is 10.3. The van der Waals surface area contributed by atoms with E-state index in [-0.39, 0.29) is 24.4 Å². The molecule has 0 aliphatic carbocycles. The summed E-state index contributed by atoms with van der Waals surface area (Å²) in [6.45, 7) is 6.68. The molecule has 1 saturated heterocycles. The maximum absolute atomic E-state index is 13.0. The van der Waals surface area contributed by atoms with Gasteiger partial charge in [0.2, 0.25) is 5.91 Å². The lowest BCUT2D eigenvalue weighted by Crippen LogP contribution is -2.40. The molecule has 2 amide bonds. The summed E-state index contributed by atoms with van der Waals surface area (Å²) in [4.78, 5) is 29.7. The number of aromatic nitrogens is 5. The summed E-state index contributed by atoms with van der Waals surface area (Å²) in [5, 5.41) is 12.8. The zero-order valence-corrected chi connectivity index (χ0v) is 19.1. The van der Waals surface area contributed by atoms with Crippen LogP contribution in [0.25, 0.3) is 0 Å². The van der Waals surface area contributed by atoms with Crippen molar-refractivity contribution >= 4 is 11.8 Å². The molecule has 2 aliphatic heterocycles. The Morgan fingerprint density at radius 1 is 1.12 bits per heavy atom. The molecule has 4 heterocycles. The molecule has 1 fully saturated rings. The molecule has 3 aromatic rings. The number of hydrogen-bond donors (Lipinski definition) is 0. The number of nitrogens with zero attached hydrogens (tertiary/aromatic N) is 7. The zero-order chi connectivity index (χ0) is 22.9. The number of likely N-dealkylation sites (tertiary alicyclic amines) is 1. The molecule has 2 aliphatic rings. The molecular formula is C24H29N7O2. The summed E-state index contributed by atoms with van der Waals surface area (Å²) in [6.07, 6.45) is 4.44. The number of aryl methyl sites for hydroxylation is 2. The van der Waals surface area contributed by atoms with Crippen LogP contribution in [0.3, 0.4) is 0 Å². The van der Waals surface area contributed by atoms with Gasteiger partial charge in [0.05, 0.1) is 24.5 Å². The van der Waals surface area contributed by atoms with E-state index in [0.29, 0.717) is 25.3 Å². The maximum atomic E-state index is 13.0. The fourth-order valence-corrected chi connectivity index (χ4v) is 4.94. The van der Waals surface area contributed by atoms with E-state index in [1.54, 1.807) is 15.6 Å². The quantitative estimate of drug-likeness (QED) is 0.597. The topological polar surface area (TPSA) is 89.2 Å². The van der Waals surface area contributed by atoms with Gasteiger partial charge in [0.25, 0.3) is 5.91 Å². The number of benzene rings is 1. The molecule has 0 radical (unpaired) electrons. The van der Waals surface area contributed by atoms with Gasteiger partial charge in [0, 0.05) is 25.3 Å². The third-order valence-electron chi connectivity index (χ3n) is 6.66. The average molecular weight is 448 g/mol. The molecule has 33 heavy (non-hydrogen) atoms. The average Bonchev–Trinajstić information content (AvgIpc) is 3.54. The molecule has 2 aromatic heterocycles. The van der Waals surface area contributed by atoms with E-state index in [0.717, 1.165) is 37.2 Å². The SMILES string of the molecule is Cc1cc(C)n(CC(=O)N2CCCC2Cn2cc(C(=O)N3CCc4ccccc4C3)nn2)n1. The highest BCUT2D eigenvalue weighted by atomic mass is 16.2. The Hall–Kier alpha value is -3.49. The molecular weight excluding hydrogens is 418 g/mol. The fraction of sp³-hybridized carbons (Fsp3) is 0.458. The first kappa shape index (κ1) is 21.4. The standard InChI is InChI=1S/C24H29N7O2/c1-17-12-18(2)31(26-17)16-23(32)30-10-5-8-21(30)14-29-15-22(25-27-29)24(33)28-11-9-19-6-3-4-7-20(19)13-28/h3-4,6-7,12,15,21H,5,8-11,13-14,16H2,1-2H3. The lowest BCUT2D eigenvalue weighted by atomic mass is 10.00. The number of rotatable bonds is 5. The number of carbonyl (C=O) groups is 2. The fourth-order valence-electron chi connectivity index (χ4n) is 4.94. The van der Waals surface area contributed by atoms with Crippen LogP contribution >= 0.6 is 0 Å². The van der Waals surface area contributed by atoms with Crippen LogP contribution in [0.1, 0.15) is 45.8 Å². The van der Waals surface area contributed by atoms with Crippen LogP contribution in [0.4, 0.5) is 0 Å². The van der Waals surface area contributed by atoms with Gasteiger partial charge in [-0.2, -0.15) is 5.10 Å². The second kappa shape index (κ2) is 8.80. The normalized spacial score (nSPS) is 17.9. The van der Waals surface area contributed by atoms with Gasteiger partial charge in [-0.1, -0.05) is 29.5 Å². The first-order valence-corrected chi connectivity index (χ1v) is 11.5. The van der Waals surface area contributed by atoms with E-state index in [2.05, 4.69) is 27.5 Å². The highest BCUT2D eigenvalue weighted by molar-refractivity contribution is 5.92. The highest BCUT2D eigenvalue weighted by Crippen LogP contribution is 2.21. The second-order valence-electron chi connectivity index (χ2n) is 9.04. The van der Waals surface area contributed by atoms with Crippen LogP contribution in [-0.4, -0.2) is 65.5 Å². The van der Waals surface area contributed by atoms with Gasteiger partial charge in [-0.3, -0.25) is 14.3 Å². The molecule has 1 unspecified atom stereocenters. The largest absolute Gasteiger partial charge is 0.336 e. The van der Waals surface area contributed by atoms with Crippen molar-refractivity contribution < 1.29 is 9.59 Å². The Balaban J connectivity index is 1.22.